The Morgan fingerprint density at radius 1 is 1.26 bits per heavy atom. The highest BCUT2D eigenvalue weighted by molar-refractivity contribution is 9.10. The van der Waals surface area contributed by atoms with Crippen LogP contribution in [0, 0.1) is 12.8 Å². The Hall–Kier alpha value is -2.45. The molecule has 2 unspecified atom stereocenters. The molecule has 0 spiro atoms. The van der Waals surface area contributed by atoms with E-state index in [1.54, 1.807) is 13.1 Å². The fraction of sp³-hybridized carbons (Fsp3) is 0.435. The van der Waals surface area contributed by atoms with Crippen molar-refractivity contribution in [2.75, 3.05) is 19.3 Å². The second-order valence-electron chi connectivity index (χ2n) is 8.13. The third kappa shape index (κ3) is 5.83. The number of aryl methyl sites for hydroxylation is 1. The summed E-state index contributed by atoms with van der Waals surface area (Å²) in [5.41, 5.74) is 8.65. The quantitative estimate of drug-likeness (QED) is 0.556. The van der Waals surface area contributed by atoms with Gasteiger partial charge in [-0.3, -0.25) is 14.5 Å². The lowest BCUT2D eigenvalue weighted by Crippen LogP contribution is -2.51. The third-order valence-electron chi connectivity index (χ3n) is 5.96. The second kappa shape index (κ2) is 10.2. The molecule has 1 fully saturated rings. The number of nitrogens with two attached hydrogens (primary N) is 1. The SMILES string of the molecule is CNC(=O)C1CC(Cc2ccc(Br)cc2)CN1[C@@H](C)C(=O)NCc1ccc(N)nc1C. The topological polar surface area (TPSA) is 100 Å². The molecule has 2 aromatic rings. The van der Waals surface area contributed by atoms with E-state index < -0.39 is 6.04 Å². The molecule has 0 aliphatic carbocycles. The number of pyridine rings is 1. The maximum atomic E-state index is 12.9. The molecule has 3 atom stereocenters. The van der Waals surface area contributed by atoms with Gasteiger partial charge in [0.1, 0.15) is 5.82 Å². The first-order valence-corrected chi connectivity index (χ1v) is 11.3. The van der Waals surface area contributed by atoms with Crippen molar-refractivity contribution in [3.8, 4) is 0 Å². The zero-order valence-corrected chi connectivity index (χ0v) is 19.8. The van der Waals surface area contributed by atoms with Gasteiger partial charge < -0.3 is 16.4 Å². The molecule has 2 amide bonds. The number of likely N-dealkylation sites (tertiary alicyclic amines) is 1. The Balaban J connectivity index is 1.65. The molecule has 0 bridgehead atoms. The lowest BCUT2D eigenvalue weighted by Gasteiger charge is -2.28. The normalized spacial score (nSPS) is 19.7. The number of likely N-dealkylation sites (N-methyl/N-ethyl adjacent to an activating group) is 1. The molecule has 166 valence electrons. The fourth-order valence-electron chi connectivity index (χ4n) is 4.18. The summed E-state index contributed by atoms with van der Waals surface area (Å²) >= 11 is 3.46. The van der Waals surface area contributed by atoms with Crippen molar-refractivity contribution in [2.45, 2.75) is 45.3 Å². The Kier molecular flexibility index (Phi) is 7.67. The molecular formula is C23H30BrN5O2. The van der Waals surface area contributed by atoms with Crippen LogP contribution in [-0.2, 0) is 22.6 Å². The van der Waals surface area contributed by atoms with Gasteiger partial charge >= 0.3 is 0 Å². The Morgan fingerprint density at radius 3 is 2.61 bits per heavy atom. The molecular weight excluding hydrogens is 458 g/mol. The first kappa shape index (κ1) is 23.2. The molecule has 3 rings (SSSR count). The van der Waals surface area contributed by atoms with Crippen LogP contribution in [0.2, 0.25) is 0 Å². The number of hydrogen-bond acceptors (Lipinski definition) is 5. The number of nitrogens with one attached hydrogen (secondary N) is 2. The van der Waals surface area contributed by atoms with Crippen LogP contribution in [0.4, 0.5) is 5.82 Å². The predicted molar refractivity (Wildman–Crippen MR) is 125 cm³/mol. The third-order valence-corrected chi connectivity index (χ3v) is 6.49. The summed E-state index contributed by atoms with van der Waals surface area (Å²) in [5.74, 6) is 0.622. The van der Waals surface area contributed by atoms with Gasteiger partial charge in [-0.25, -0.2) is 4.98 Å². The van der Waals surface area contributed by atoms with Gasteiger partial charge in [-0.05, 0) is 61.9 Å². The summed E-state index contributed by atoms with van der Waals surface area (Å²) in [6.07, 6.45) is 1.61. The van der Waals surface area contributed by atoms with E-state index in [-0.39, 0.29) is 17.9 Å². The van der Waals surface area contributed by atoms with Crippen LogP contribution >= 0.6 is 15.9 Å². The molecule has 1 saturated heterocycles. The van der Waals surface area contributed by atoms with Crippen LogP contribution in [0.15, 0.2) is 40.9 Å². The predicted octanol–water partition coefficient (Wildman–Crippen LogP) is 2.42. The van der Waals surface area contributed by atoms with E-state index in [1.165, 1.54) is 5.56 Å². The second-order valence-corrected chi connectivity index (χ2v) is 9.05. The van der Waals surface area contributed by atoms with E-state index in [2.05, 4.69) is 43.7 Å². The number of benzene rings is 1. The van der Waals surface area contributed by atoms with Crippen molar-refractivity contribution in [3.63, 3.8) is 0 Å². The summed E-state index contributed by atoms with van der Waals surface area (Å²) in [4.78, 5) is 31.7. The lowest BCUT2D eigenvalue weighted by atomic mass is 9.96. The average molecular weight is 488 g/mol. The number of nitrogens with zero attached hydrogens (tertiary/aromatic N) is 2. The summed E-state index contributed by atoms with van der Waals surface area (Å²) in [7, 11) is 1.64. The molecule has 1 aromatic heterocycles. The van der Waals surface area contributed by atoms with Crippen molar-refractivity contribution < 1.29 is 9.59 Å². The standard InChI is InChI=1S/C23H30BrN5O2/c1-14-18(6-9-21(25)28-14)12-27-22(30)15(2)29-13-17(11-20(29)23(31)26-3)10-16-4-7-19(24)8-5-16/h4-9,15,17,20H,10-13H2,1-3H3,(H2,25,28)(H,26,31)(H,27,30)/t15-,17?,20?/m0/s1. The number of carbonyl (C=O) groups is 2. The number of rotatable bonds is 7. The smallest absolute Gasteiger partial charge is 0.237 e. The monoisotopic (exact) mass is 487 g/mol. The van der Waals surface area contributed by atoms with Gasteiger partial charge in [0.2, 0.25) is 11.8 Å². The average Bonchev–Trinajstić information content (AvgIpc) is 3.17. The molecule has 2 heterocycles. The van der Waals surface area contributed by atoms with Gasteiger partial charge in [-0.2, -0.15) is 0 Å². The first-order chi connectivity index (χ1) is 14.8. The van der Waals surface area contributed by atoms with Gasteiger partial charge in [0.05, 0.1) is 12.1 Å². The minimum Gasteiger partial charge on any atom is -0.384 e. The largest absolute Gasteiger partial charge is 0.384 e. The van der Waals surface area contributed by atoms with Gasteiger partial charge in [-0.1, -0.05) is 34.1 Å². The number of carbonyl (C=O) groups excluding carboxylic acids is 2. The molecule has 1 aliphatic heterocycles. The van der Waals surface area contributed by atoms with Crippen molar-refractivity contribution in [1.82, 2.24) is 20.5 Å². The lowest BCUT2D eigenvalue weighted by molar-refractivity contribution is -0.130. The number of hydrogen-bond donors (Lipinski definition) is 3. The molecule has 0 radical (unpaired) electrons. The van der Waals surface area contributed by atoms with Crippen molar-refractivity contribution in [1.29, 1.82) is 0 Å². The minimum absolute atomic E-state index is 0.0449. The zero-order chi connectivity index (χ0) is 22.5. The molecule has 0 saturated carbocycles. The van der Waals surface area contributed by atoms with Crippen LogP contribution < -0.4 is 16.4 Å². The Labute approximate surface area is 191 Å². The molecule has 8 heteroatoms. The molecule has 31 heavy (non-hydrogen) atoms. The highest BCUT2D eigenvalue weighted by Gasteiger charge is 2.40. The summed E-state index contributed by atoms with van der Waals surface area (Å²) < 4.78 is 1.05. The molecule has 4 N–H and O–H groups in total. The Bertz CT molecular complexity index is 934. The zero-order valence-electron chi connectivity index (χ0n) is 18.2. The van der Waals surface area contributed by atoms with Crippen LogP contribution in [0.5, 0.6) is 0 Å². The maximum absolute atomic E-state index is 12.9. The number of aromatic nitrogens is 1. The van der Waals surface area contributed by atoms with E-state index in [9.17, 15) is 9.59 Å². The van der Waals surface area contributed by atoms with Gasteiger partial charge in [0, 0.05) is 30.3 Å². The van der Waals surface area contributed by atoms with Crippen LogP contribution in [-0.4, -0.2) is 47.4 Å². The fourth-order valence-corrected chi connectivity index (χ4v) is 4.45. The van der Waals surface area contributed by atoms with E-state index in [1.807, 2.05) is 36.9 Å². The van der Waals surface area contributed by atoms with Gasteiger partial charge in [-0.15, -0.1) is 0 Å². The Morgan fingerprint density at radius 2 is 1.97 bits per heavy atom. The number of anilines is 1. The first-order valence-electron chi connectivity index (χ1n) is 10.5. The van der Waals surface area contributed by atoms with Crippen LogP contribution in [0.1, 0.15) is 30.2 Å². The number of nitrogen functional groups attached to an aromatic ring is 1. The summed E-state index contributed by atoms with van der Waals surface area (Å²) in [5, 5.41) is 5.74. The molecule has 7 nitrogen and oxygen atoms in total. The van der Waals surface area contributed by atoms with Gasteiger partial charge in [0.15, 0.2) is 0 Å². The van der Waals surface area contributed by atoms with E-state index >= 15 is 0 Å². The van der Waals surface area contributed by atoms with E-state index in [4.69, 9.17) is 5.73 Å². The summed E-state index contributed by atoms with van der Waals surface area (Å²) in [6, 6.07) is 11.1. The van der Waals surface area contributed by atoms with Crippen molar-refractivity contribution in [3.05, 3.63) is 57.7 Å². The number of amides is 2. The van der Waals surface area contributed by atoms with Crippen molar-refractivity contribution in [2.24, 2.45) is 5.92 Å². The van der Waals surface area contributed by atoms with Crippen LogP contribution in [0.3, 0.4) is 0 Å². The molecule has 1 aliphatic rings. The minimum atomic E-state index is -0.417. The van der Waals surface area contributed by atoms with E-state index in [0.717, 1.165) is 28.6 Å². The van der Waals surface area contributed by atoms with Gasteiger partial charge in [0.25, 0.3) is 0 Å². The highest BCUT2D eigenvalue weighted by Crippen LogP contribution is 2.29. The maximum Gasteiger partial charge on any atom is 0.237 e. The number of halogens is 1. The molecule has 1 aromatic carbocycles. The van der Waals surface area contributed by atoms with Crippen molar-refractivity contribution >= 4 is 33.6 Å². The highest BCUT2D eigenvalue weighted by atomic mass is 79.9. The van der Waals surface area contributed by atoms with Crippen LogP contribution in [0.25, 0.3) is 0 Å². The summed E-state index contributed by atoms with van der Waals surface area (Å²) in [6.45, 7) is 4.81. The van der Waals surface area contributed by atoms with E-state index in [0.29, 0.717) is 24.8 Å².